The third-order valence-corrected chi connectivity index (χ3v) is 1.84. The van der Waals surface area contributed by atoms with Crippen molar-refractivity contribution in [3.05, 3.63) is 0 Å². The van der Waals surface area contributed by atoms with Gasteiger partial charge in [-0.15, -0.1) is 0 Å². The SMILES string of the molecule is C=I1=NOC(=O)O1. The minimum absolute atomic E-state index is 0.708. The van der Waals surface area contributed by atoms with E-state index in [1.807, 2.05) is 0 Å². The van der Waals surface area contributed by atoms with Gasteiger partial charge in [-0.2, -0.15) is 0 Å². The second-order valence-electron chi connectivity index (χ2n) is 0.785. The van der Waals surface area contributed by atoms with E-state index in [1.165, 1.54) is 0 Å². The molecule has 0 N–H and O–H groups in total. The van der Waals surface area contributed by atoms with Crippen molar-refractivity contribution in [1.29, 1.82) is 0 Å². The van der Waals surface area contributed by atoms with Gasteiger partial charge < -0.3 is 3.07 Å². The molecule has 7 heavy (non-hydrogen) atoms. The van der Waals surface area contributed by atoms with E-state index in [4.69, 9.17) is 0 Å². The number of hydrogen-bond donors (Lipinski definition) is 0. The molecule has 0 unspecified atom stereocenters. The summed E-state index contributed by atoms with van der Waals surface area (Å²) in [7, 11) is 0. The summed E-state index contributed by atoms with van der Waals surface area (Å²) in [6.45, 7) is 0. The van der Waals surface area contributed by atoms with Crippen molar-refractivity contribution in [3.63, 3.8) is 0 Å². The predicted molar refractivity (Wildman–Crippen MR) is 31.1 cm³/mol. The molecule has 0 fully saturated rings. The molecule has 1 heterocycles. The van der Waals surface area contributed by atoms with E-state index < -0.39 is 25.7 Å². The molecule has 0 amide bonds. The van der Waals surface area contributed by atoms with Crippen molar-refractivity contribution >= 4 is 30.3 Å². The van der Waals surface area contributed by atoms with Gasteiger partial charge in [-0.1, -0.05) is 0 Å². The molecule has 0 aromatic heterocycles. The van der Waals surface area contributed by atoms with Crippen LogP contribution in [0.1, 0.15) is 0 Å². The molecular weight excluding hydrogens is 213 g/mol. The summed E-state index contributed by atoms with van der Waals surface area (Å²) in [5, 5.41) is 0. The molecule has 1 aliphatic rings. The van der Waals surface area contributed by atoms with Crippen LogP contribution in [0.4, 0.5) is 4.79 Å². The first-order valence-corrected chi connectivity index (χ1v) is 4.76. The minimum atomic E-state index is -1.95. The second-order valence-corrected chi connectivity index (χ2v) is 3.32. The predicted octanol–water partition coefficient (Wildman–Crippen LogP) is 1.11. The van der Waals surface area contributed by atoms with Crippen molar-refractivity contribution in [2.45, 2.75) is 0 Å². The average molecular weight is 215 g/mol. The molecule has 5 heteroatoms. The number of rotatable bonds is 0. The Hall–Kier alpha value is -0.330. The van der Waals surface area contributed by atoms with Crippen molar-refractivity contribution < 1.29 is 12.7 Å². The Morgan fingerprint density at radius 3 is 2.71 bits per heavy atom. The maximum Gasteiger partial charge on any atom is 0.545 e. The highest BCUT2D eigenvalue weighted by Crippen LogP contribution is 2.20. The zero-order valence-electron chi connectivity index (χ0n) is 3.26. The van der Waals surface area contributed by atoms with Gasteiger partial charge in [0.05, 0.1) is 0 Å². The fourth-order valence-electron chi connectivity index (χ4n) is 0.168. The van der Waals surface area contributed by atoms with Gasteiger partial charge in [0.1, 0.15) is 0 Å². The van der Waals surface area contributed by atoms with Crippen LogP contribution in [0.25, 0.3) is 0 Å². The van der Waals surface area contributed by atoms with Crippen LogP contribution >= 0.6 is 19.6 Å². The Kier molecular flexibility index (Phi) is 1.13. The molecular formula is C2H2INO3. The third-order valence-electron chi connectivity index (χ3n) is 0.338. The smallest absolute Gasteiger partial charge is 0.358 e. The average Bonchev–Trinajstić information content (AvgIpc) is 1.87. The Morgan fingerprint density at radius 2 is 2.57 bits per heavy atom. The quantitative estimate of drug-likeness (QED) is 0.568. The molecule has 4 nitrogen and oxygen atoms in total. The lowest BCUT2D eigenvalue weighted by Gasteiger charge is -1.75. The van der Waals surface area contributed by atoms with E-state index in [2.05, 4.69) is 15.7 Å². The monoisotopic (exact) mass is 215 g/mol. The maximum absolute atomic E-state index is 9.91. The van der Waals surface area contributed by atoms with Crippen LogP contribution in [0.2, 0.25) is 0 Å². The van der Waals surface area contributed by atoms with E-state index in [9.17, 15) is 4.79 Å². The highest BCUT2D eigenvalue weighted by molar-refractivity contribution is 14.2. The summed E-state index contributed by atoms with van der Waals surface area (Å²) in [6.07, 6.45) is -0.708. The molecule has 0 saturated heterocycles. The molecule has 40 valence electrons. The zero-order chi connectivity index (χ0) is 5.28. The summed E-state index contributed by atoms with van der Waals surface area (Å²) < 4.78 is 11.1. The molecule has 0 aliphatic carbocycles. The third kappa shape index (κ3) is 1.02. The molecule has 1 rings (SSSR count). The molecule has 0 bridgehead atoms. The van der Waals surface area contributed by atoms with Gasteiger partial charge in [-0.05, 0) is 7.82 Å². The number of carbonyl (C=O) groups is 1. The van der Waals surface area contributed by atoms with Crippen LogP contribution in [0.5, 0.6) is 0 Å². The Labute approximate surface area is 46.7 Å². The first-order chi connectivity index (χ1) is 3.29. The summed E-state index contributed by atoms with van der Waals surface area (Å²) in [6, 6.07) is 0. The van der Waals surface area contributed by atoms with Crippen molar-refractivity contribution in [3.8, 4) is 0 Å². The van der Waals surface area contributed by atoms with Crippen LogP contribution in [0.3, 0.4) is 0 Å². The van der Waals surface area contributed by atoms with Gasteiger partial charge in [0.2, 0.25) is 0 Å². The fraction of sp³-hybridized carbons (Fsp3) is 0. The van der Waals surface area contributed by atoms with Gasteiger partial charge in [-0.25, -0.2) is 4.79 Å². The van der Waals surface area contributed by atoms with E-state index >= 15 is 0 Å². The molecule has 0 radical (unpaired) electrons. The standard InChI is InChI=1S/C2H2INO3/c1-3-4-7-2(5)6-3/h1H2. The van der Waals surface area contributed by atoms with E-state index in [0.717, 1.165) is 0 Å². The van der Waals surface area contributed by atoms with Gasteiger partial charge in [-0.3, -0.25) is 4.84 Å². The molecule has 0 saturated carbocycles. The van der Waals surface area contributed by atoms with Crippen LogP contribution in [0, 0.1) is 0 Å². The van der Waals surface area contributed by atoms with Crippen LogP contribution in [-0.4, -0.2) is 10.7 Å². The molecule has 0 aromatic rings. The number of nitrogens with zero attached hydrogens (tertiary/aromatic N) is 1. The summed E-state index contributed by atoms with van der Waals surface area (Å²) in [5.74, 6) is 0. The van der Waals surface area contributed by atoms with Gasteiger partial charge in [0.15, 0.2) is 19.6 Å². The van der Waals surface area contributed by atoms with Crippen LogP contribution in [0.15, 0.2) is 3.31 Å². The summed E-state index contributed by atoms with van der Waals surface area (Å²) in [4.78, 5) is 14.0. The Morgan fingerprint density at radius 1 is 1.86 bits per heavy atom. The van der Waals surface area contributed by atoms with E-state index in [0.29, 0.717) is 0 Å². The topological polar surface area (TPSA) is 47.9 Å². The van der Waals surface area contributed by atoms with Crippen LogP contribution < -0.4 is 0 Å². The first kappa shape index (κ1) is 4.82. The highest BCUT2D eigenvalue weighted by Gasteiger charge is 2.08. The van der Waals surface area contributed by atoms with Crippen LogP contribution in [-0.2, 0) is 7.90 Å². The van der Waals surface area contributed by atoms with Crippen molar-refractivity contribution in [1.82, 2.24) is 0 Å². The molecule has 0 spiro atoms. The molecule has 0 aromatic carbocycles. The zero-order valence-corrected chi connectivity index (χ0v) is 5.41. The normalized spacial score (nSPS) is 20.3. The summed E-state index contributed by atoms with van der Waals surface area (Å²) >= 11 is -1.95. The van der Waals surface area contributed by atoms with Gasteiger partial charge in [0, 0.05) is 0 Å². The number of hydrogen-bond acceptors (Lipinski definition) is 4. The number of carbonyl (C=O) groups excluding carboxylic acids is 1. The fourth-order valence-corrected chi connectivity index (χ4v) is 1.12. The largest absolute Gasteiger partial charge is 0.545 e. The Balaban J connectivity index is 2.76. The van der Waals surface area contributed by atoms with Crippen molar-refractivity contribution in [2.75, 3.05) is 0 Å². The highest BCUT2D eigenvalue weighted by atomic mass is 127. The van der Waals surface area contributed by atoms with Gasteiger partial charge >= 0.3 is 6.16 Å². The first-order valence-electron chi connectivity index (χ1n) is 1.39. The van der Waals surface area contributed by atoms with E-state index in [1.54, 1.807) is 0 Å². The molecule has 0 atom stereocenters. The van der Waals surface area contributed by atoms with Gasteiger partial charge in [0.25, 0.3) is 0 Å². The Bertz CT molecular complexity index is 168. The lowest BCUT2D eigenvalue weighted by Crippen LogP contribution is -1.87. The lowest BCUT2D eigenvalue weighted by atomic mass is 11.4. The molecule has 1 aliphatic heterocycles. The van der Waals surface area contributed by atoms with E-state index in [-0.39, 0.29) is 0 Å². The summed E-state index contributed by atoms with van der Waals surface area (Å²) in [5.41, 5.74) is 0. The van der Waals surface area contributed by atoms with Crippen molar-refractivity contribution in [2.24, 2.45) is 3.31 Å². The lowest BCUT2D eigenvalue weighted by molar-refractivity contribution is 0.128. The maximum atomic E-state index is 9.91. The number of halogens is 1. The minimum Gasteiger partial charge on any atom is -0.358 e. The second kappa shape index (κ2) is 1.65.